The summed E-state index contributed by atoms with van der Waals surface area (Å²) < 4.78 is 0. The molecule has 27 heavy (non-hydrogen) atoms. The van der Waals surface area contributed by atoms with Crippen LogP contribution >= 0.6 is 11.6 Å². The van der Waals surface area contributed by atoms with Gasteiger partial charge in [0.1, 0.15) is 17.3 Å². The zero-order chi connectivity index (χ0) is 19.4. The van der Waals surface area contributed by atoms with Crippen LogP contribution < -0.4 is 10.6 Å². The SMILES string of the molecule is Cc1cccc(CNC(=O)c2cc(Nc3ccc(Cl)cc3C)nc(C)n2)c1. The lowest BCUT2D eigenvalue weighted by Crippen LogP contribution is -2.24. The normalized spacial score (nSPS) is 10.5. The molecule has 5 nitrogen and oxygen atoms in total. The molecular formula is C21H21ClN4O. The fraction of sp³-hybridized carbons (Fsp3) is 0.190. The van der Waals surface area contributed by atoms with Crippen LogP contribution in [-0.4, -0.2) is 15.9 Å². The lowest BCUT2D eigenvalue weighted by Gasteiger charge is -2.11. The van der Waals surface area contributed by atoms with Gasteiger partial charge < -0.3 is 10.6 Å². The molecule has 0 bridgehead atoms. The number of hydrogen-bond acceptors (Lipinski definition) is 4. The highest BCUT2D eigenvalue weighted by Gasteiger charge is 2.11. The van der Waals surface area contributed by atoms with Gasteiger partial charge in [0.15, 0.2) is 0 Å². The summed E-state index contributed by atoms with van der Waals surface area (Å²) >= 11 is 6.00. The number of amides is 1. The second-order valence-electron chi connectivity index (χ2n) is 6.44. The predicted molar refractivity (Wildman–Crippen MR) is 109 cm³/mol. The third-order valence-corrected chi connectivity index (χ3v) is 4.29. The average molecular weight is 381 g/mol. The predicted octanol–water partition coefficient (Wildman–Crippen LogP) is 4.73. The van der Waals surface area contributed by atoms with Crippen molar-refractivity contribution in [2.45, 2.75) is 27.3 Å². The Bertz CT molecular complexity index is 988. The lowest BCUT2D eigenvalue weighted by atomic mass is 10.1. The number of rotatable bonds is 5. The Morgan fingerprint density at radius 2 is 1.85 bits per heavy atom. The highest BCUT2D eigenvalue weighted by Crippen LogP contribution is 2.23. The van der Waals surface area contributed by atoms with E-state index in [9.17, 15) is 4.79 Å². The number of aryl methyl sites for hydroxylation is 3. The molecule has 0 spiro atoms. The van der Waals surface area contributed by atoms with Crippen LogP contribution in [0.3, 0.4) is 0 Å². The summed E-state index contributed by atoms with van der Waals surface area (Å²) in [4.78, 5) is 21.2. The summed E-state index contributed by atoms with van der Waals surface area (Å²) in [5, 5.41) is 6.81. The van der Waals surface area contributed by atoms with E-state index >= 15 is 0 Å². The summed E-state index contributed by atoms with van der Waals surface area (Å²) in [7, 11) is 0. The number of carbonyl (C=O) groups excluding carboxylic acids is 1. The Balaban J connectivity index is 1.75. The van der Waals surface area contributed by atoms with Crippen molar-refractivity contribution in [3.8, 4) is 0 Å². The zero-order valence-corrected chi connectivity index (χ0v) is 16.3. The number of nitrogens with one attached hydrogen (secondary N) is 2. The summed E-state index contributed by atoms with van der Waals surface area (Å²) in [5.74, 6) is 0.846. The summed E-state index contributed by atoms with van der Waals surface area (Å²) in [6, 6.07) is 15.2. The van der Waals surface area contributed by atoms with Gasteiger partial charge in [-0.05, 0) is 50.1 Å². The molecule has 1 heterocycles. The van der Waals surface area contributed by atoms with Gasteiger partial charge in [0.05, 0.1) is 0 Å². The maximum Gasteiger partial charge on any atom is 0.270 e. The molecule has 0 atom stereocenters. The Labute approximate surface area is 163 Å². The van der Waals surface area contributed by atoms with Gasteiger partial charge in [-0.3, -0.25) is 4.79 Å². The fourth-order valence-electron chi connectivity index (χ4n) is 2.75. The first kappa shape index (κ1) is 18.9. The van der Waals surface area contributed by atoms with Gasteiger partial charge in [0.25, 0.3) is 5.91 Å². The van der Waals surface area contributed by atoms with Crippen LogP contribution in [0, 0.1) is 20.8 Å². The molecule has 3 rings (SSSR count). The van der Waals surface area contributed by atoms with Gasteiger partial charge in [-0.1, -0.05) is 41.4 Å². The van der Waals surface area contributed by atoms with Gasteiger partial charge >= 0.3 is 0 Å². The maximum atomic E-state index is 12.5. The van der Waals surface area contributed by atoms with E-state index in [4.69, 9.17) is 11.6 Å². The molecular weight excluding hydrogens is 360 g/mol. The van der Waals surface area contributed by atoms with Crippen molar-refractivity contribution in [3.63, 3.8) is 0 Å². The van der Waals surface area contributed by atoms with Gasteiger partial charge in [0.2, 0.25) is 0 Å². The van der Waals surface area contributed by atoms with E-state index in [0.717, 1.165) is 22.4 Å². The second-order valence-corrected chi connectivity index (χ2v) is 6.88. The molecule has 3 aromatic rings. The molecule has 138 valence electrons. The van der Waals surface area contributed by atoms with Crippen LogP contribution in [0.2, 0.25) is 5.02 Å². The Kier molecular flexibility index (Phi) is 5.72. The smallest absolute Gasteiger partial charge is 0.270 e. The molecule has 1 aromatic heterocycles. The Hall–Kier alpha value is -2.92. The van der Waals surface area contributed by atoms with Crippen LogP contribution in [-0.2, 0) is 6.54 Å². The molecule has 0 aliphatic heterocycles. The number of benzene rings is 2. The molecule has 0 saturated heterocycles. The van der Waals surface area contributed by atoms with Gasteiger partial charge in [-0.2, -0.15) is 0 Å². The first-order valence-corrected chi connectivity index (χ1v) is 9.01. The zero-order valence-electron chi connectivity index (χ0n) is 15.5. The highest BCUT2D eigenvalue weighted by atomic mass is 35.5. The Morgan fingerprint density at radius 3 is 2.59 bits per heavy atom. The van der Waals surface area contributed by atoms with Crippen LogP contribution in [0.25, 0.3) is 0 Å². The molecule has 2 N–H and O–H groups in total. The number of carbonyl (C=O) groups is 1. The maximum absolute atomic E-state index is 12.5. The van der Waals surface area contributed by atoms with E-state index in [-0.39, 0.29) is 5.91 Å². The van der Waals surface area contributed by atoms with Crippen molar-refractivity contribution in [1.29, 1.82) is 0 Å². The first-order chi connectivity index (χ1) is 12.9. The summed E-state index contributed by atoms with van der Waals surface area (Å²) in [5.41, 5.74) is 4.39. The van der Waals surface area contributed by atoms with E-state index in [1.165, 1.54) is 0 Å². The van der Waals surface area contributed by atoms with E-state index in [1.807, 2.05) is 50.2 Å². The van der Waals surface area contributed by atoms with Crippen LogP contribution in [0.4, 0.5) is 11.5 Å². The molecule has 0 aliphatic rings. The average Bonchev–Trinajstić information content (AvgIpc) is 2.62. The van der Waals surface area contributed by atoms with E-state index in [2.05, 4.69) is 20.6 Å². The Morgan fingerprint density at radius 1 is 1.04 bits per heavy atom. The fourth-order valence-corrected chi connectivity index (χ4v) is 2.98. The minimum absolute atomic E-state index is 0.238. The topological polar surface area (TPSA) is 66.9 Å². The monoisotopic (exact) mass is 380 g/mol. The van der Waals surface area contributed by atoms with Crippen LogP contribution in [0.5, 0.6) is 0 Å². The number of halogens is 1. The van der Waals surface area contributed by atoms with Crippen molar-refractivity contribution in [2.24, 2.45) is 0 Å². The molecule has 0 aliphatic carbocycles. The molecule has 0 unspecified atom stereocenters. The van der Waals surface area contributed by atoms with E-state index in [1.54, 1.807) is 19.1 Å². The standard InChI is InChI=1S/C21H21ClN4O/c1-13-5-4-6-16(9-13)12-23-21(27)19-11-20(25-15(3)24-19)26-18-8-7-17(22)10-14(18)2/h4-11H,12H2,1-3H3,(H,23,27)(H,24,25,26). The third kappa shape index (κ3) is 5.05. The highest BCUT2D eigenvalue weighted by molar-refractivity contribution is 6.30. The number of aromatic nitrogens is 2. The molecule has 2 aromatic carbocycles. The van der Waals surface area contributed by atoms with Crippen molar-refractivity contribution < 1.29 is 4.79 Å². The largest absolute Gasteiger partial charge is 0.347 e. The van der Waals surface area contributed by atoms with Crippen LogP contribution in [0.1, 0.15) is 33.0 Å². The van der Waals surface area contributed by atoms with Gasteiger partial charge in [0, 0.05) is 23.3 Å². The number of anilines is 2. The number of nitrogens with zero attached hydrogens (tertiary/aromatic N) is 2. The number of hydrogen-bond donors (Lipinski definition) is 2. The summed E-state index contributed by atoms with van der Waals surface area (Å²) in [6.45, 7) is 6.19. The molecule has 1 amide bonds. The lowest BCUT2D eigenvalue weighted by molar-refractivity contribution is 0.0945. The summed E-state index contributed by atoms with van der Waals surface area (Å²) in [6.07, 6.45) is 0. The van der Waals surface area contributed by atoms with Gasteiger partial charge in [-0.15, -0.1) is 0 Å². The van der Waals surface area contributed by atoms with Crippen LogP contribution in [0.15, 0.2) is 48.5 Å². The van der Waals surface area contributed by atoms with Crippen molar-refractivity contribution >= 4 is 29.0 Å². The first-order valence-electron chi connectivity index (χ1n) is 8.63. The second kappa shape index (κ2) is 8.18. The molecule has 0 radical (unpaired) electrons. The third-order valence-electron chi connectivity index (χ3n) is 4.06. The van der Waals surface area contributed by atoms with E-state index < -0.39 is 0 Å². The molecule has 6 heteroatoms. The van der Waals surface area contributed by atoms with Crippen molar-refractivity contribution in [3.05, 3.63) is 81.8 Å². The van der Waals surface area contributed by atoms with E-state index in [0.29, 0.717) is 28.9 Å². The molecule has 0 fully saturated rings. The van der Waals surface area contributed by atoms with Crippen molar-refractivity contribution in [2.75, 3.05) is 5.32 Å². The molecule has 0 saturated carbocycles. The minimum Gasteiger partial charge on any atom is -0.347 e. The van der Waals surface area contributed by atoms with Crippen molar-refractivity contribution in [1.82, 2.24) is 15.3 Å². The minimum atomic E-state index is -0.238. The van der Waals surface area contributed by atoms with Gasteiger partial charge in [-0.25, -0.2) is 9.97 Å². The quantitative estimate of drug-likeness (QED) is 0.671.